The number of para-hydroxylation sites is 1. The fourth-order valence-electron chi connectivity index (χ4n) is 2.88. The molecule has 1 heterocycles. The molecule has 1 saturated heterocycles. The van der Waals surface area contributed by atoms with E-state index in [4.69, 9.17) is 0 Å². The molecule has 0 spiro atoms. The van der Waals surface area contributed by atoms with Crippen molar-refractivity contribution < 1.29 is 18.0 Å². The molecule has 1 aromatic carbocycles. The van der Waals surface area contributed by atoms with E-state index in [-0.39, 0.29) is 23.3 Å². The predicted octanol–water partition coefficient (Wildman–Crippen LogP) is 1.83. The number of anilines is 1. The van der Waals surface area contributed by atoms with Crippen molar-refractivity contribution in [3.8, 4) is 0 Å². The van der Waals surface area contributed by atoms with Crippen molar-refractivity contribution in [2.24, 2.45) is 5.92 Å². The van der Waals surface area contributed by atoms with Gasteiger partial charge in [0.15, 0.2) is 0 Å². The maximum atomic E-state index is 12.6. The SMILES string of the molecule is CC(C)(C)NC(=O)c1ccccc1NC(=O)C1CCN(S(C)(=O)=O)CC1. The summed E-state index contributed by atoms with van der Waals surface area (Å²) in [6.07, 6.45) is 2.11. The second-order valence-electron chi connectivity index (χ2n) is 7.68. The van der Waals surface area contributed by atoms with Crippen LogP contribution in [0.2, 0.25) is 0 Å². The van der Waals surface area contributed by atoms with Gasteiger partial charge in [-0.3, -0.25) is 9.59 Å². The summed E-state index contributed by atoms with van der Waals surface area (Å²) in [5, 5.41) is 5.72. The minimum Gasteiger partial charge on any atom is -0.347 e. The third-order valence-corrected chi connectivity index (χ3v) is 5.52. The zero-order valence-corrected chi connectivity index (χ0v) is 16.5. The van der Waals surface area contributed by atoms with Crippen molar-refractivity contribution in [3.63, 3.8) is 0 Å². The molecule has 2 amide bonds. The number of benzene rings is 1. The van der Waals surface area contributed by atoms with E-state index in [0.717, 1.165) is 0 Å². The van der Waals surface area contributed by atoms with Crippen LogP contribution >= 0.6 is 0 Å². The summed E-state index contributed by atoms with van der Waals surface area (Å²) in [6.45, 7) is 6.34. The smallest absolute Gasteiger partial charge is 0.253 e. The monoisotopic (exact) mass is 381 g/mol. The molecule has 2 rings (SSSR count). The summed E-state index contributed by atoms with van der Waals surface area (Å²) in [4.78, 5) is 25.0. The number of nitrogens with zero attached hydrogens (tertiary/aromatic N) is 1. The van der Waals surface area contributed by atoms with Crippen LogP contribution in [0.4, 0.5) is 5.69 Å². The van der Waals surface area contributed by atoms with Gasteiger partial charge in [-0.1, -0.05) is 12.1 Å². The van der Waals surface area contributed by atoms with Gasteiger partial charge < -0.3 is 10.6 Å². The van der Waals surface area contributed by atoms with Crippen molar-refractivity contribution in [2.45, 2.75) is 39.2 Å². The summed E-state index contributed by atoms with van der Waals surface area (Å²) in [7, 11) is -3.22. The van der Waals surface area contributed by atoms with Gasteiger partial charge in [0.2, 0.25) is 15.9 Å². The highest BCUT2D eigenvalue weighted by Gasteiger charge is 2.29. The first-order chi connectivity index (χ1) is 12.0. The third-order valence-electron chi connectivity index (χ3n) is 4.21. The molecule has 0 radical (unpaired) electrons. The van der Waals surface area contributed by atoms with Gasteiger partial charge in [0, 0.05) is 24.5 Å². The molecule has 8 heteroatoms. The molecule has 0 aliphatic carbocycles. The number of carbonyl (C=O) groups excluding carboxylic acids is 2. The van der Waals surface area contributed by atoms with Gasteiger partial charge in [0.1, 0.15) is 0 Å². The van der Waals surface area contributed by atoms with Gasteiger partial charge in [-0.05, 0) is 45.7 Å². The van der Waals surface area contributed by atoms with E-state index in [0.29, 0.717) is 37.2 Å². The molecule has 1 aromatic rings. The van der Waals surface area contributed by atoms with Gasteiger partial charge in [-0.15, -0.1) is 0 Å². The lowest BCUT2D eigenvalue weighted by Gasteiger charge is -2.29. The van der Waals surface area contributed by atoms with Crippen molar-refractivity contribution in [1.82, 2.24) is 9.62 Å². The quantitative estimate of drug-likeness (QED) is 0.832. The Morgan fingerprint density at radius 1 is 1.12 bits per heavy atom. The second kappa shape index (κ2) is 7.75. The van der Waals surface area contributed by atoms with Crippen LogP contribution < -0.4 is 10.6 Å². The summed E-state index contributed by atoms with van der Waals surface area (Å²) < 4.78 is 24.5. The van der Waals surface area contributed by atoms with Crippen LogP contribution in [0.5, 0.6) is 0 Å². The second-order valence-corrected chi connectivity index (χ2v) is 9.66. The first kappa shape index (κ1) is 20.4. The summed E-state index contributed by atoms with van der Waals surface area (Å²) >= 11 is 0. The van der Waals surface area contributed by atoms with E-state index in [2.05, 4.69) is 10.6 Å². The van der Waals surface area contributed by atoms with Crippen LogP contribution in [0.3, 0.4) is 0 Å². The van der Waals surface area contributed by atoms with E-state index in [9.17, 15) is 18.0 Å². The van der Waals surface area contributed by atoms with E-state index in [1.165, 1.54) is 10.6 Å². The van der Waals surface area contributed by atoms with Crippen molar-refractivity contribution in [3.05, 3.63) is 29.8 Å². The number of piperidine rings is 1. The molecule has 2 N–H and O–H groups in total. The Bertz CT molecular complexity index is 776. The highest BCUT2D eigenvalue weighted by molar-refractivity contribution is 7.88. The zero-order chi connectivity index (χ0) is 19.5. The molecule has 1 aliphatic heterocycles. The number of amides is 2. The van der Waals surface area contributed by atoms with Crippen LogP contribution in [0.15, 0.2) is 24.3 Å². The molecule has 144 valence electrons. The van der Waals surface area contributed by atoms with Crippen LogP contribution in [-0.4, -0.2) is 49.4 Å². The maximum absolute atomic E-state index is 12.6. The van der Waals surface area contributed by atoms with Crippen LogP contribution in [-0.2, 0) is 14.8 Å². The van der Waals surface area contributed by atoms with Gasteiger partial charge >= 0.3 is 0 Å². The molecule has 26 heavy (non-hydrogen) atoms. The Labute approximate surface area is 155 Å². The summed E-state index contributed by atoms with van der Waals surface area (Å²) in [5.74, 6) is -0.707. The molecule has 1 fully saturated rings. The average Bonchev–Trinajstić information content (AvgIpc) is 2.53. The highest BCUT2D eigenvalue weighted by Crippen LogP contribution is 2.23. The topological polar surface area (TPSA) is 95.6 Å². The minimum atomic E-state index is -3.22. The molecule has 7 nitrogen and oxygen atoms in total. The minimum absolute atomic E-state index is 0.186. The molecular weight excluding hydrogens is 354 g/mol. The molecule has 0 bridgehead atoms. The number of nitrogens with one attached hydrogen (secondary N) is 2. The molecule has 0 unspecified atom stereocenters. The molecular formula is C18H27N3O4S. The number of hydrogen-bond acceptors (Lipinski definition) is 4. The summed E-state index contributed by atoms with van der Waals surface area (Å²) in [5.41, 5.74) is 0.487. The van der Waals surface area contributed by atoms with E-state index >= 15 is 0 Å². The fourth-order valence-corrected chi connectivity index (χ4v) is 3.76. The van der Waals surface area contributed by atoms with Crippen molar-refractivity contribution in [2.75, 3.05) is 24.7 Å². The predicted molar refractivity (Wildman–Crippen MR) is 101 cm³/mol. The first-order valence-electron chi connectivity index (χ1n) is 8.65. The van der Waals surface area contributed by atoms with Gasteiger partial charge in [-0.25, -0.2) is 12.7 Å². The van der Waals surface area contributed by atoms with Gasteiger partial charge in [0.25, 0.3) is 5.91 Å². The van der Waals surface area contributed by atoms with Crippen LogP contribution in [0.1, 0.15) is 44.0 Å². The van der Waals surface area contributed by atoms with Gasteiger partial charge in [0.05, 0.1) is 17.5 Å². The number of carbonyl (C=O) groups is 2. The lowest BCUT2D eigenvalue weighted by molar-refractivity contribution is -0.120. The summed E-state index contributed by atoms with van der Waals surface area (Å²) in [6, 6.07) is 6.87. The molecule has 0 aromatic heterocycles. The van der Waals surface area contributed by atoms with Gasteiger partial charge in [-0.2, -0.15) is 0 Å². The van der Waals surface area contributed by atoms with E-state index in [1.54, 1.807) is 24.3 Å². The Hall–Kier alpha value is -1.93. The maximum Gasteiger partial charge on any atom is 0.253 e. The number of hydrogen-bond donors (Lipinski definition) is 2. The Kier molecular flexibility index (Phi) is 6.08. The number of sulfonamides is 1. The Balaban J connectivity index is 2.05. The normalized spacial score (nSPS) is 16.9. The Morgan fingerprint density at radius 3 is 2.23 bits per heavy atom. The highest BCUT2D eigenvalue weighted by atomic mass is 32.2. The van der Waals surface area contributed by atoms with E-state index < -0.39 is 10.0 Å². The first-order valence-corrected chi connectivity index (χ1v) is 10.5. The number of rotatable bonds is 4. The molecule has 1 aliphatic rings. The zero-order valence-electron chi connectivity index (χ0n) is 15.7. The largest absolute Gasteiger partial charge is 0.347 e. The third kappa shape index (κ3) is 5.54. The van der Waals surface area contributed by atoms with Crippen LogP contribution in [0.25, 0.3) is 0 Å². The fraction of sp³-hybridized carbons (Fsp3) is 0.556. The Morgan fingerprint density at radius 2 is 1.69 bits per heavy atom. The van der Waals surface area contributed by atoms with Crippen LogP contribution in [0, 0.1) is 5.92 Å². The standard InChI is InChI=1S/C18H27N3O4S/c1-18(2,3)20-17(23)14-7-5-6-8-15(14)19-16(22)13-9-11-21(12-10-13)26(4,24)25/h5-8,13H,9-12H2,1-4H3,(H,19,22)(H,20,23). The lowest BCUT2D eigenvalue weighted by atomic mass is 9.97. The molecule has 0 saturated carbocycles. The van der Waals surface area contributed by atoms with E-state index in [1.807, 2.05) is 20.8 Å². The van der Waals surface area contributed by atoms with Crippen molar-refractivity contribution in [1.29, 1.82) is 0 Å². The molecule has 0 atom stereocenters. The average molecular weight is 381 g/mol. The van der Waals surface area contributed by atoms with Crippen molar-refractivity contribution >= 4 is 27.5 Å². The lowest BCUT2D eigenvalue weighted by Crippen LogP contribution is -2.42.